The Morgan fingerprint density at radius 1 is 1.47 bits per heavy atom. The van der Waals surface area contributed by atoms with Gasteiger partial charge in [0.2, 0.25) is 0 Å². The summed E-state index contributed by atoms with van der Waals surface area (Å²) in [6.07, 6.45) is -0.578. The van der Waals surface area contributed by atoms with Crippen LogP contribution < -0.4 is 5.32 Å². The summed E-state index contributed by atoms with van der Waals surface area (Å²) in [7, 11) is 0. The number of amides is 1. The number of nitrogens with one attached hydrogen (secondary N) is 1. The highest BCUT2D eigenvalue weighted by molar-refractivity contribution is 5.68. The molecule has 4 nitrogen and oxygen atoms in total. The van der Waals surface area contributed by atoms with Crippen LogP contribution in [0.5, 0.6) is 5.75 Å². The van der Waals surface area contributed by atoms with Crippen LogP contribution in [0.2, 0.25) is 0 Å². The predicted molar refractivity (Wildman–Crippen MR) is 69.2 cm³/mol. The van der Waals surface area contributed by atoms with Crippen molar-refractivity contribution in [2.24, 2.45) is 0 Å². The van der Waals surface area contributed by atoms with Gasteiger partial charge >= 0.3 is 6.09 Å². The summed E-state index contributed by atoms with van der Waals surface area (Å²) in [6, 6.07) is 4.07. The zero-order chi connectivity index (χ0) is 14.5. The summed E-state index contributed by atoms with van der Waals surface area (Å²) < 4.78 is 18.0. The molecule has 2 N–H and O–H groups in total. The van der Waals surface area contributed by atoms with E-state index in [4.69, 9.17) is 4.74 Å². The lowest BCUT2D eigenvalue weighted by Gasteiger charge is -2.18. The first-order valence-corrected chi connectivity index (χ1v) is 5.73. The van der Waals surface area contributed by atoms with Gasteiger partial charge in [-0.1, -0.05) is 17.9 Å². The number of rotatable bonds is 1. The molecule has 0 fully saturated rings. The van der Waals surface area contributed by atoms with E-state index in [-0.39, 0.29) is 12.1 Å². The van der Waals surface area contributed by atoms with Crippen molar-refractivity contribution in [3.63, 3.8) is 0 Å². The molecule has 0 aromatic heterocycles. The lowest BCUT2D eigenvalue weighted by molar-refractivity contribution is 0.0535. The van der Waals surface area contributed by atoms with Gasteiger partial charge in [-0.15, -0.1) is 0 Å². The van der Waals surface area contributed by atoms with E-state index >= 15 is 0 Å². The quantitative estimate of drug-likeness (QED) is 0.767. The molecule has 5 heteroatoms. The predicted octanol–water partition coefficient (Wildman–Crippen LogP) is 2.41. The standard InChI is InChI=1S/C14H16FNO3/c1-14(2,3)19-13(18)16-9-5-7-10-6-4-8-11(15)12(10)17/h4,6,8,17H,9H2,1-3H3,(H,16,18). The Bertz CT molecular complexity index is 524. The second kappa shape index (κ2) is 6.10. The SMILES string of the molecule is CC(C)(C)OC(=O)NCC#Cc1cccc(F)c1O. The molecule has 0 saturated heterocycles. The fourth-order valence-corrected chi connectivity index (χ4v) is 1.19. The molecular weight excluding hydrogens is 249 g/mol. The molecule has 1 aromatic rings. The minimum atomic E-state index is -0.730. The first-order valence-electron chi connectivity index (χ1n) is 5.73. The molecule has 0 unspecified atom stereocenters. The topological polar surface area (TPSA) is 58.6 Å². The Hall–Kier alpha value is -2.22. The number of carbonyl (C=O) groups excluding carboxylic acids is 1. The van der Waals surface area contributed by atoms with Gasteiger partial charge in [0.15, 0.2) is 11.6 Å². The number of halogens is 1. The average Bonchev–Trinajstić information content (AvgIpc) is 2.27. The first kappa shape index (κ1) is 14.8. The second-order valence-electron chi connectivity index (χ2n) is 4.79. The van der Waals surface area contributed by atoms with Gasteiger partial charge in [-0.3, -0.25) is 0 Å². The number of alkyl carbamates (subject to hydrolysis) is 1. The highest BCUT2D eigenvalue weighted by Gasteiger charge is 2.15. The van der Waals surface area contributed by atoms with Gasteiger partial charge in [-0.2, -0.15) is 0 Å². The van der Waals surface area contributed by atoms with E-state index in [1.54, 1.807) is 20.8 Å². The third-order valence-corrected chi connectivity index (χ3v) is 1.93. The zero-order valence-corrected chi connectivity index (χ0v) is 11.1. The van der Waals surface area contributed by atoms with E-state index < -0.39 is 23.3 Å². The van der Waals surface area contributed by atoms with Gasteiger partial charge in [0.25, 0.3) is 0 Å². The minimum absolute atomic E-state index is 0.0465. The molecule has 0 radical (unpaired) electrons. The number of para-hydroxylation sites is 1. The average molecular weight is 265 g/mol. The molecule has 0 heterocycles. The maximum absolute atomic E-state index is 13.0. The number of hydrogen-bond donors (Lipinski definition) is 2. The number of benzene rings is 1. The Labute approximate surface area is 111 Å². The van der Waals surface area contributed by atoms with Crippen molar-refractivity contribution in [3.05, 3.63) is 29.6 Å². The summed E-state index contributed by atoms with van der Waals surface area (Å²) >= 11 is 0. The number of phenolic OH excluding ortho intramolecular Hbond substituents is 1. The third-order valence-electron chi connectivity index (χ3n) is 1.93. The van der Waals surface area contributed by atoms with Gasteiger partial charge in [0.1, 0.15) is 5.60 Å². The normalized spacial score (nSPS) is 10.3. The minimum Gasteiger partial charge on any atom is -0.504 e. The monoisotopic (exact) mass is 265 g/mol. The molecule has 1 aromatic carbocycles. The van der Waals surface area contributed by atoms with Crippen LogP contribution in [0.4, 0.5) is 9.18 Å². The molecule has 0 bridgehead atoms. The molecular formula is C14H16FNO3. The summed E-state index contributed by atoms with van der Waals surface area (Å²) in [4.78, 5) is 11.3. The van der Waals surface area contributed by atoms with Gasteiger partial charge in [0.05, 0.1) is 12.1 Å². The summed E-state index contributed by atoms with van der Waals surface area (Å²) in [5.74, 6) is 3.94. The van der Waals surface area contributed by atoms with Gasteiger partial charge in [0, 0.05) is 0 Å². The zero-order valence-electron chi connectivity index (χ0n) is 11.1. The van der Waals surface area contributed by atoms with Crippen LogP contribution >= 0.6 is 0 Å². The molecule has 19 heavy (non-hydrogen) atoms. The molecule has 0 aliphatic rings. The van der Waals surface area contributed by atoms with Crippen molar-refractivity contribution < 1.29 is 19.0 Å². The summed E-state index contributed by atoms with van der Waals surface area (Å²) in [5.41, 5.74) is -0.399. The van der Waals surface area contributed by atoms with E-state index in [0.29, 0.717) is 0 Å². The Morgan fingerprint density at radius 3 is 2.79 bits per heavy atom. The highest BCUT2D eigenvalue weighted by atomic mass is 19.1. The Kier molecular flexibility index (Phi) is 4.76. The van der Waals surface area contributed by atoms with E-state index in [9.17, 15) is 14.3 Å². The van der Waals surface area contributed by atoms with E-state index in [1.165, 1.54) is 12.1 Å². The van der Waals surface area contributed by atoms with Crippen molar-refractivity contribution >= 4 is 6.09 Å². The van der Waals surface area contributed by atoms with Crippen LogP contribution in [-0.4, -0.2) is 23.3 Å². The first-order chi connectivity index (χ1) is 8.79. The van der Waals surface area contributed by atoms with Gasteiger partial charge in [-0.25, -0.2) is 9.18 Å². The third kappa shape index (κ3) is 5.30. The maximum Gasteiger partial charge on any atom is 0.408 e. The maximum atomic E-state index is 13.0. The van der Waals surface area contributed by atoms with Crippen molar-refractivity contribution in [2.75, 3.05) is 6.54 Å². The summed E-state index contributed by atoms with van der Waals surface area (Å²) in [5, 5.41) is 11.8. The largest absolute Gasteiger partial charge is 0.504 e. The van der Waals surface area contributed by atoms with Crippen LogP contribution in [0.15, 0.2) is 18.2 Å². The number of phenols is 1. The van der Waals surface area contributed by atoms with Crippen LogP contribution in [0.1, 0.15) is 26.3 Å². The van der Waals surface area contributed by atoms with E-state index in [1.807, 2.05) is 0 Å². The molecule has 0 spiro atoms. The number of ether oxygens (including phenoxy) is 1. The van der Waals surface area contributed by atoms with Crippen molar-refractivity contribution in [3.8, 4) is 17.6 Å². The van der Waals surface area contributed by atoms with Crippen LogP contribution in [-0.2, 0) is 4.74 Å². The molecule has 0 atom stereocenters. The van der Waals surface area contributed by atoms with E-state index in [0.717, 1.165) is 6.07 Å². The Balaban J connectivity index is 2.53. The molecule has 1 rings (SSSR count). The van der Waals surface area contributed by atoms with Crippen molar-refractivity contribution in [2.45, 2.75) is 26.4 Å². The molecule has 0 aliphatic carbocycles. The van der Waals surface area contributed by atoms with Crippen molar-refractivity contribution in [1.29, 1.82) is 0 Å². The molecule has 0 saturated carbocycles. The fourth-order valence-electron chi connectivity index (χ4n) is 1.19. The van der Waals surface area contributed by atoms with Crippen LogP contribution in [0.25, 0.3) is 0 Å². The lowest BCUT2D eigenvalue weighted by atomic mass is 10.2. The van der Waals surface area contributed by atoms with Crippen LogP contribution in [0.3, 0.4) is 0 Å². The molecule has 0 aliphatic heterocycles. The number of carbonyl (C=O) groups is 1. The fraction of sp³-hybridized carbons (Fsp3) is 0.357. The van der Waals surface area contributed by atoms with Crippen LogP contribution in [0, 0.1) is 17.7 Å². The number of aromatic hydroxyl groups is 1. The van der Waals surface area contributed by atoms with Gasteiger partial charge in [-0.05, 0) is 32.9 Å². The lowest BCUT2D eigenvalue weighted by Crippen LogP contribution is -2.32. The summed E-state index contributed by atoms with van der Waals surface area (Å²) in [6.45, 7) is 5.31. The number of hydrogen-bond acceptors (Lipinski definition) is 3. The van der Waals surface area contributed by atoms with E-state index in [2.05, 4.69) is 17.2 Å². The highest BCUT2D eigenvalue weighted by Crippen LogP contribution is 2.19. The van der Waals surface area contributed by atoms with Gasteiger partial charge < -0.3 is 15.2 Å². The molecule has 1 amide bonds. The second-order valence-corrected chi connectivity index (χ2v) is 4.79. The Morgan fingerprint density at radius 2 is 2.16 bits per heavy atom. The van der Waals surface area contributed by atoms with Crippen molar-refractivity contribution in [1.82, 2.24) is 5.32 Å². The smallest absolute Gasteiger partial charge is 0.408 e. The molecule has 102 valence electrons.